The van der Waals surface area contributed by atoms with Crippen LogP contribution in [0.1, 0.15) is 18.4 Å². The van der Waals surface area contributed by atoms with Crippen molar-refractivity contribution in [1.29, 1.82) is 5.26 Å². The quantitative estimate of drug-likeness (QED) is 0.836. The number of rotatable bonds is 2. The number of nitriles is 1. The van der Waals surface area contributed by atoms with E-state index >= 15 is 0 Å². The molecule has 1 aliphatic heterocycles. The topological polar surface area (TPSA) is 57.0 Å². The lowest BCUT2D eigenvalue weighted by atomic mass is 10.1. The Morgan fingerprint density at radius 1 is 1.59 bits per heavy atom. The third-order valence-electron chi connectivity index (χ3n) is 2.97. The van der Waals surface area contributed by atoms with Crippen LogP contribution in [0.2, 0.25) is 5.15 Å². The molecule has 1 fully saturated rings. The summed E-state index contributed by atoms with van der Waals surface area (Å²) in [7, 11) is 1.28. The molecule has 0 saturated carbocycles. The second-order valence-electron chi connectivity index (χ2n) is 3.96. The molecular formula is C10H12ClN3OS2. The van der Waals surface area contributed by atoms with Crippen LogP contribution in [-0.4, -0.2) is 33.2 Å². The van der Waals surface area contributed by atoms with E-state index in [4.69, 9.17) is 16.9 Å². The number of halogens is 1. The molecule has 1 aliphatic rings. The number of nitrogens with zero attached hydrogens (tertiary/aromatic N) is 3. The SMILES string of the molecule is CN(c1snc(Cl)c1C#N)C1CCS(=O)CC1. The fraction of sp³-hybridized carbons (Fsp3) is 0.600. The van der Waals surface area contributed by atoms with Gasteiger partial charge in [0.1, 0.15) is 16.6 Å². The highest BCUT2D eigenvalue weighted by Gasteiger charge is 2.25. The molecule has 1 saturated heterocycles. The molecule has 0 unspecified atom stereocenters. The molecule has 0 radical (unpaired) electrons. The van der Waals surface area contributed by atoms with Crippen LogP contribution < -0.4 is 4.90 Å². The lowest BCUT2D eigenvalue weighted by Gasteiger charge is -2.31. The monoisotopic (exact) mass is 289 g/mol. The molecule has 0 N–H and O–H groups in total. The molecule has 0 spiro atoms. The summed E-state index contributed by atoms with van der Waals surface area (Å²) in [5.41, 5.74) is 0.450. The van der Waals surface area contributed by atoms with Crippen LogP contribution in [0.3, 0.4) is 0 Å². The van der Waals surface area contributed by atoms with Gasteiger partial charge in [0.15, 0.2) is 5.15 Å². The van der Waals surface area contributed by atoms with Crippen molar-refractivity contribution in [2.75, 3.05) is 23.5 Å². The first-order valence-corrected chi connectivity index (χ1v) is 7.90. The zero-order valence-corrected chi connectivity index (χ0v) is 11.7. The molecule has 1 aromatic heterocycles. The minimum absolute atomic E-state index is 0.277. The zero-order valence-electron chi connectivity index (χ0n) is 9.35. The van der Waals surface area contributed by atoms with Crippen LogP contribution in [0.25, 0.3) is 0 Å². The van der Waals surface area contributed by atoms with Crippen molar-refractivity contribution in [3.8, 4) is 6.07 Å². The predicted octanol–water partition coefficient (Wildman–Crippen LogP) is 2.02. The summed E-state index contributed by atoms with van der Waals surface area (Å²) >= 11 is 7.10. The van der Waals surface area contributed by atoms with E-state index in [1.54, 1.807) is 0 Å². The maximum absolute atomic E-state index is 11.3. The third-order valence-corrected chi connectivity index (χ3v) is 5.66. The fourth-order valence-electron chi connectivity index (χ4n) is 1.93. The first-order valence-electron chi connectivity index (χ1n) is 5.26. The summed E-state index contributed by atoms with van der Waals surface area (Å²) in [6, 6.07) is 2.42. The summed E-state index contributed by atoms with van der Waals surface area (Å²) in [6.07, 6.45) is 1.78. The summed E-state index contributed by atoms with van der Waals surface area (Å²) < 4.78 is 15.3. The zero-order chi connectivity index (χ0) is 12.4. The van der Waals surface area contributed by atoms with E-state index in [0.29, 0.717) is 11.6 Å². The Kier molecular flexibility index (Phi) is 4.02. The molecule has 2 rings (SSSR count). The largest absolute Gasteiger partial charge is 0.361 e. The minimum atomic E-state index is -0.666. The summed E-state index contributed by atoms with van der Waals surface area (Å²) in [5.74, 6) is 1.48. The lowest BCUT2D eigenvalue weighted by molar-refractivity contribution is 0.572. The number of aromatic nitrogens is 1. The maximum Gasteiger partial charge on any atom is 0.162 e. The van der Waals surface area contributed by atoms with E-state index in [9.17, 15) is 4.21 Å². The Morgan fingerprint density at radius 3 is 2.82 bits per heavy atom. The van der Waals surface area contributed by atoms with Gasteiger partial charge in [-0.25, -0.2) is 0 Å². The van der Waals surface area contributed by atoms with Crippen molar-refractivity contribution < 1.29 is 4.21 Å². The van der Waals surface area contributed by atoms with Crippen molar-refractivity contribution >= 4 is 38.9 Å². The van der Waals surface area contributed by atoms with E-state index in [0.717, 1.165) is 29.3 Å². The molecule has 2 heterocycles. The van der Waals surface area contributed by atoms with Gasteiger partial charge in [-0.15, -0.1) is 0 Å². The van der Waals surface area contributed by atoms with E-state index in [1.807, 2.05) is 7.05 Å². The van der Waals surface area contributed by atoms with Gasteiger partial charge >= 0.3 is 0 Å². The van der Waals surface area contributed by atoms with Gasteiger partial charge in [-0.2, -0.15) is 9.64 Å². The normalized spacial score (nSPS) is 24.3. The Hall–Kier alpha value is -0.640. The molecule has 17 heavy (non-hydrogen) atoms. The summed E-state index contributed by atoms with van der Waals surface area (Å²) in [5, 5.41) is 10.1. The minimum Gasteiger partial charge on any atom is -0.361 e. The Morgan fingerprint density at radius 2 is 2.24 bits per heavy atom. The van der Waals surface area contributed by atoms with Crippen molar-refractivity contribution in [1.82, 2.24) is 4.37 Å². The molecule has 7 heteroatoms. The molecule has 0 amide bonds. The standard InChI is InChI=1S/C10H12ClN3OS2/c1-14(7-2-4-17(15)5-3-7)10-8(6-12)9(11)13-16-10/h7H,2-5H2,1H3. The van der Waals surface area contributed by atoms with E-state index in [2.05, 4.69) is 15.3 Å². The highest BCUT2D eigenvalue weighted by Crippen LogP contribution is 2.33. The smallest absolute Gasteiger partial charge is 0.162 e. The van der Waals surface area contributed by atoms with Gasteiger partial charge in [-0.05, 0) is 24.4 Å². The van der Waals surface area contributed by atoms with E-state index in [1.165, 1.54) is 11.5 Å². The van der Waals surface area contributed by atoms with Gasteiger partial charge in [0, 0.05) is 35.4 Å². The first-order chi connectivity index (χ1) is 8.13. The van der Waals surface area contributed by atoms with Crippen LogP contribution in [-0.2, 0) is 10.8 Å². The number of hydrogen-bond donors (Lipinski definition) is 0. The maximum atomic E-state index is 11.3. The molecule has 4 nitrogen and oxygen atoms in total. The van der Waals surface area contributed by atoms with E-state index in [-0.39, 0.29) is 5.15 Å². The van der Waals surface area contributed by atoms with Crippen LogP contribution in [0, 0.1) is 11.3 Å². The van der Waals surface area contributed by atoms with Gasteiger partial charge in [-0.1, -0.05) is 11.6 Å². The van der Waals surface area contributed by atoms with Gasteiger partial charge in [0.05, 0.1) is 0 Å². The van der Waals surface area contributed by atoms with Crippen molar-refractivity contribution in [3.05, 3.63) is 10.7 Å². The number of anilines is 1. The highest BCUT2D eigenvalue weighted by molar-refractivity contribution is 7.85. The van der Waals surface area contributed by atoms with Gasteiger partial charge in [-0.3, -0.25) is 4.21 Å². The second kappa shape index (κ2) is 5.34. The third kappa shape index (κ3) is 2.62. The van der Waals surface area contributed by atoms with Crippen LogP contribution >= 0.6 is 23.1 Å². The average molecular weight is 290 g/mol. The van der Waals surface area contributed by atoms with Crippen molar-refractivity contribution in [2.45, 2.75) is 18.9 Å². The van der Waals surface area contributed by atoms with Crippen LogP contribution in [0.5, 0.6) is 0 Å². The lowest BCUT2D eigenvalue weighted by Crippen LogP contribution is -2.37. The highest BCUT2D eigenvalue weighted by atomic mass is 35.5. The Bertz CT molecular complexity index is 472. The molecule has 1 aromatic rings. The second-order valence-corrected chi connectivity index (χ2v) is 6.76. The first kappa shape index (κ1) is 12.8. The van der Waals surface area contributed by atoms with Crippen LogP contribution in [0.4, 0.5) is 5.00 Å². The van der Waals surface area contributed by atoms with Crippen molar-refractivity contribution in [2.24, 2.45) is 0 Å². The Labute approximate surface area is 112 Å². The molecule has 0 atom stereocenters. The molecular weight excluding hydrogens is 278 g/mol. The summed E-state index contributed by atoms with van der Waals surface area (Å²) in [4.78, 5) is 2.05. The Balaban J connectivity index is 2.17. The molecule has 0 aliphatic carbocycles. The number of hydrogen-bond acceptors (Lipinski definition) is 5. The predicted molar refractivity (Wildman–Crippen MR) is 71.1 cm³/mol. The molecule has 0 bridgehead atoms. The van der Waals surface area contributed by atoms with Gasteiger partial charge < -0.3 is 4.90 Å². The van der Waals surface area contributed by atoms with Crippen LogP contribution in [0.15, 0.2) is 0 Å². The van der Waals surface area contributed by atoms with Crippen molar-refractivity contribution in [3.63, 3.8) is 0 Å². The van der Waals surface area contributed by atoms with Gasteiger partial charge in [0.2, 0.25) is 0 Å². The van der Waals surface area contributed by atoms with E-state index < -0.39 is 10.8 Å². The molecule has 92 valence electrons. The fourth-order valence-corrected chi connectivity index (χ4v) is 4.27. The molecule has 0 aromatic carbocycles. The van der Waals surface area contributed by atoms with Gasteiger partial charge in [0.25, 0.3) is 0 Å². The summed E-state index contributed by atoms with van der Waals surface area (Å²) in [6.45, 7) is 0. The average Bonchev–Trinajstić information content (AvgIpc) is 2.70.